The standard InChI is InChI=1S/C16H22N2O2/c1-16(2,3)12-6-4-11(5-7-12)15(20)17-10-13-8-9-14(19)18-13/h4-7,13H,8-10H2,1-3H3,(H,17,20)(H,18,19). The Kier molecular flexibility index (Phi) is 4.12. The minimum Gasteiger partial charge on any atom is -0.352 e. The molecule has 1 fully saturated rings. The lowest BCUT2D eigenvalue weighted by molar-refractivity contribution is -0.119. The largest absolute Gasteiger partial charge is 0.352 e. The lowest BCUT2D eigenvalue weighted by Gasteiger charge is -2.19. The van der Waals surface area contributed by atoms with Crippen LogP contribution in [0.3, 0.4) is 0 Å². The summed E-state index contributed by atoms with van der Waals surface area (Å²) in [4.78, 5) is 23.1. The van der Waals surface area contributed by atoms with Gasteiger partial charge in [-0.25, -0.2) is 0 Å². The molecular formula is C16H22N2O2. The molecule has 1 atom stereocenters. The second-order valence-corrected chi connectivity index (χ2v) is 6.34. The Bertz CT molecular complexity index is 500. The van der Waals surface area contributed by atoms with E-state index in [0.717, 1.165) is 6.42 Å². The molecule has 1 aliphatic heterocycles. The molecule has 1 heterocycles. The maximum absolute atomic E-state index is 12.0. The second-order valence-electron chi connectivity index (χ2n) is 6.34. The fourth-order valence-electron chi connectivity index (χ4n) is 2.27. The van der Waals surface area contributed by atoms with Crippen molar-refractivity contribution < 1.29 is 9.59 Å². The van der Waals surface area contributed by atoms with E-state index in [1.165, 1.54) is 5.56 Å². The molecule has 108 valence electrons. The van der Waals surface area contributed by atoms with Gasteiger partial charge < -0.3 is 10.6 Å². The highest BCUT2D eigenvalue weighted by atomic mass is 16.2. The fourth-order valence-corrected chi connectivity index (χ4v) is 2.27. The van der Waals surface area contributed by atoms with Gasteiger partial charge in [-0.1, -0.05) is 32.9 Å². The first-order valence-electron chi connectivity index (χ1n) is 7.04. The number of benzene rings is 1. The van der Waals surface area contributed by atoms with E-state index in [2.05, 4.69) is 31.4 Å². The Hall–Kier alpha value is -1.84. The maximum Gasteiger partial charge on any atom is 0.251 e. The topological polar surface area (TPSA) is 58.2 Å². The summed E-state index contributed by atoms with van der Waals surface area (Å²) in [5, 5.41) is 5.70. The zero-order valence-corrected chi connectivity index (χ0v) is 12.3. The first-order valence-corrected chi connectivity index (χ1v) is 7.04. The summed E-state index contributed by atoms with van der Waals surface area (Å²) in [6, 6.07) is 7.76. The van der Waals surface area contributed by atoms with Crippen molar-refractivity contribution in [2.24, 2.45) is 0 Å². The number of hydrogen-bond donors (Lipinski definition) is 2. The fraction of sp³-hybridized carbons (Fsp3) is 0.500. The highest BCUT2D eigenvalue weighted by Crippen LogP contribution is 2.22. The van der Waals surface area contributed by atoms with Gasteiger partial charge in [0.2, 0.25) is 5.91 Å². The van der Waals surface area contributed by atoms with Crippen molar-refractivity contribution in [3.05, 3.63) is 35.4 Å². The molecule has 4 heteroatoms. The van der Waals surface area contributed by atoms with Crippen LogP contribution in [-0.2, 0) is 10.2 Å². The zero-order chi connectivity index (χ0) is 14.8. The van der Waals surface area contributed by atoms with Gasteiger partial charge in [-0.2, -0.15) is 0 Å². The quantitative estimate of drug-likeness (QED) is 0.885. The van der Waals surface area contributed by atoms with E-state index in [0.29, 0.717) is 18.5 Å². The Balaban J connectivity index is 1.91. The van der Waals surface area contributed by atoms with Gasteiger partial charge in [-0.15, -0.1) is 0 Å². The Morgan fingerprint density at radius 2 is 1.95 bits per heavy atom. The van der Waals surface area contributed by atoms with Crippen molar-refractivity contribution in [1.82, 2.24) is 10.6 Å². The van der Waals surface area contributed by atoms with Crippen molar-refractivity contribution in [2.45, 2.75) is 45.1 Å². The molecule has 0 radical (unpaired) electrons. The molecule has 0 aromatic heterocycles. The van der Waals surface area contributed by atoms with E-state index in [1.54, 1.807) is 0 Å². The summed E-state index contributed by atoms with van der Waals surface area (Å²) in [6.45, 7) is 6.92. The van der Waals surface area contributed by atoms with Gasteiger partial charge in [0.05, 0.1) is 0 Å². The Labute approximate surface area is 119 Å². The molecule has 2 rings (SSSR count). The lowest BCUT2D eigenvalue weighted by Crippen LogP contribution is -2.38. The van der Waals surface area contributed by atoms with Crippen LogP contribution in [0.15, 0.2) is 24.3 Å². The van der Waals surface area contributed by atoms with Crippen molar-refractivity contribution in [2.75, 3.05) is 6.54 Å². The van der Waals surface area contributed by atoms with Gasteiger partial charge in [0.1, 0.15) is 0 Å². The van der Waals surface area contributed by atoms with Crippen LogP contribution in [0.1, 0.15) is 49.5 Å². The Morgan fingerprint density at radius 3 is 2.45 bits per heavy atom. The van der Waals surface area contributed by atoms with Gasteiger partial charge >= 0.3 is 0 Å². The van der Waals surface area contributed by atoms with Crippen molar-refractivity contribution in [3.8, 4) is 0 Å². The summed E-state index contributed by atoms with van der Waals surface area (Å²) >= 11 is 0. The highest BCUT2D eigenvalue weighted by molar-refractivity contribution is 5.94. The zero-order valence-electron chi connectivity index (χ0n) is 12.3. The molecule has 1 aromatic rings. The molecule has 4 nitrogen and oxygen atoms in total. The van der Waals surface area contributed by atoms with Crippen LogP contribution in [-0.4, -0.2) is 24.4 Å². The third-order valence-electron chi connectivity index (χ3n) is 3.61. The molecule has 2 N–H and O–H groups in total. The minimum atomic E-state index is -0.0911. The van der Waals surface area contributed by atoms with E-state index in [4.69, 9.17) is 0 Å². The second kappa shape index (κ2) is 5.65. The van der Waals surface area contributed by atoms with E-state index in [1.807, 2.05) is 24.3 Å². The summed E-state index contributed by atoms with van der Waals surface area (Å²) < 4.78 is 0. The molecule has 0 bridgehead atoms. The van der Waals surface area contributed by atoms with Crippen LogP contribution >= 0.6 is 0 Å². The number of hydrogen-bond acceptors (Lipinski definition) is 2. The Morgan fingerprint density at radius 1 is 1.30 bits per heavy atom. The number of carbonyl (C=O) groups excluding carboxylic acids is 2. The van der Waals surface area contributed by atoms with E-state index < -0.39 is 0 Å². The normalized spacial score (nSPS) is 18.8. The number of amides is 2. The monoisotopic (exact) mass is 274 g/mol. The van der Waals surface area contributed by atoms with Gasteiger partial charge in [-0.3, -0.25) is 9.59 Å². The van der Waals surface area contributed by atoms with Crippen LogP contribution < -0.4 is 10.6 Å². The highest BCUT2D eigenvalue weighted by Gasteiger charge is 2.21. The lowest BCUT2D eigenvalue weighted by atomic mass is 9.87. The molecule has 1 unspecified atom stereocenters. The minimum absolute atomic E-state index is 0.0683. The molecule has 0 aliphatic carbocycles. The number of carbonyl (C=O) groups is 2. The first kappa shape index (κ1) is 14.6. The SMILES string of the molecule is CC(C)(C)c1ccc(C(=O)NCC2CCC(=O)N2)cc1. The molecule has 0 spiro atoms. The van der Waals surface area contributed by atoms with Crippen LogP contribution in [0.5, 0.6) is 0 Å². The number of rotatable bonds is 3. The summed E-state index contributed by atoms with van der Waals surface area (Å²) in [6.07, 6.45) is 1.35. The summed E-state index contributed by atoms with van der Waals surface area (Å²) in [7, 11) is 0. The third kappa shape index (κ3) is 3.59. The average Bonchev–Trinajstić information content (AvgIpc) is 2.81. The van der Waals surface area contributed by atoms with Gasteiger partial charge in [-0.05, 0) is 29.5 Å². The first-order chi connectivity index (χ1) is 9.36. The van der Waals surface area contributed by atoms with Crippen LogP contribution in [0.2, 0.25) is 0 Å². The molecular weight excluding hydrogens is 252 g/mol. The molecule has 1 aromatic carbocycles. The maximum atomic E-state index is 12.0. The smallest absolute Gasteiger partial charge is 0.251 e. The molecule has 2 amide bonds. The van der Waals surface area contributed by atoms with Gasteiger partial charge in [0.15, 0.2) is 0 Å². The van der Waals surface area contributed by atoms with Gasteiger partial charge in [0.25, 0.3) is 5.91 Å². The predicted octanol–water partition coefficient (Wildman–Crippen LogP) is 1.99. The summed E-state index contributed by atoms with van der Waals surface area (Å²) in [5.74, 6) is -0.0228. The van der Waals surface area contributed by atoms with Crippen LogP contribution in [0.25, 0.3) is 0 Å². The van der Waals surface area contributed by atoms with Crippen LogP contribution in [0.4, 0.5) is 0 Å². The van der Waals surface area contributed by atoms with E-state index >= 15 is 0 Å². The average molecular weight is 274 g/mol. The van der Waals surface area contributed by atoms with Gasteiger partial charge in [0, 0.05) is 24.6 Å². The molecule has 1 saturated heterocycles. The van der Waals surface area contributed by atoms with Crippen molar-refractivity contribution >= 4 is 11.8 Å². The molecule has 20 heavy (non-hydrogen) atoms. The third-order valence-corrected chi connectivity index (χ3v) is 3.61. The predicted molar refractivity (Wildman–Crippen MR) is 78.6 cm³/mol. The van der Waals surface area contributed by atoms with Crippen molar-refractivity contribution in [3.63, 3.8) is 0 Å². The summed E-state index contributed by atoms with van der Waals surface area (Å²) in [5.41, 5.74) is 1.95. The number of nitrogens with one attached hydrogen (secondary N) is 2. The molecule has 0 saturated carbocycles. The van der Waals surface area contributed by atoms with Crippen molar-refractivity contribution in [1.29, 1.82) is 0 Å². The molecule has 1 aliphatic rings. The van der Waals surface area contributed by atoms with E-state index in [9.17, 15) is 9.59 Å². The van der Waals surface area contributed by atoms with Crippen LogP contribution in [0, 0.1) is 0 Å². The van der Waals surface area contributed by atoms with E-state index in [-0.39, 0.29) is 23.3 Å².